The fourth-order valence-electron chi connectivity index (χ4n) is 3.27. The number of hydrogen-bond acceptors (Lipinski definition) is 3. The second-order valence-electron chi connectivity index (χ2n) is 7.44. The molecular weight excluding hydrogens is 543 g/mol. The topological polar surface area (TPSA) is 92.2 Å². The van der Waals surface area contributed by atoms with Crippen LogP contribution in [0.3, 0.4) is 0 Å². The molecule has 0 aliphatic rings. The van der Waals surface area contributed by atoms with Crippen LogP contribution in [0.15, 0.2) is 71.2 Å². The molecule has 7 nitrogen and oxygen atoms in total. The maximum Gasteiger partial charge on any atom is 0.328 e. The number of fused-ring (bicyclic) bond motifs is 1. The summed E-state index contributed by atoms with van der Waals surface area (Å²) in [4.78, 5) is 38.3. The standard InChI is InChI=1S/C24H17BrCl2N4O3/c1-13-2-5-18(6-3-13)28-23(33)24(34)30-31-20-7-4-15(25)8-14(20)9-21(31)22(32)29-19-11-16(26)10-17(27)12-19/h2-12H,1H3,(H,28,33)(H,29,32)(H,30,34). The van der Waals surface area contributed by atoms with Crippen molar-refractivity contribution in [2.45, 2.75) is 6.92 Å². The van der Waals surface area contributed by atoms with Crippen molar-refractivity contribution in [3.05, 3.63) is 92.5 Å². The van der Waals surface area contributed by atoms with Gasteiger partial charge in [-0.1, -0.05) is 56.8 Å². The molecule has 0 unspecified atom stereocenters. The minimum Gasteiger partial charge on any atom is -0.321 e. The van der Waals surface area contributed by atoms with E-state index in [2.05, 4.69) is 32.0 Å². The number of carbonyl (C=O) groups is 3. The SMILES string of the molecule is Cc1ccc(NC(=O)C(=O)Nn2c(C(=O)Nc3cc(Cl)cc(Cl)c3)cc3cc(Br)ccc32)cc1. The molecule has 0 aliphatic carbocycles. The van der Waals surface area contributed by atoms with Crippen molar-refractivity contribution in [2.24, 2.45) is 0 Å². The molecule has 0 atom stereocenters. The average Bonchev–Trinajstić information content (AvgIpc) is 3.12. The zero-order chi connectivity index (χ0) is 24.4. The van der Waals surface area contributed by atoms with E-state index in [9.17, 15) is 14.4 Å². The first-order valence-corrected chi connectivity index (χ1v) is 11.5. The molecule has 0 bridgehead atoms. The molecule has 0 aliphatic heterocycles. The molecule has 4 rings (SSSR count). The van der Waals surface area contributed by atoms with Crippen LogP contribution in [0.25, 0.3) is 10.9 Å². The van der Waals surface area contributed by atoms with Gasteiger partial charge in [0.25, 0.3) is 5.91 Å². The maximum absolute atomic E-state index is 13.1. The van der Waals surface area contributed by atoms with Gasteiger partial charge in [-0.2, -0.15) is 0 Å². The molecule has 1 heterocycles. The Morgan fingerprint density at radius 2 is 1.47 bits per heavy atom. The number of rotatable bonds is 4. The number of amides is 3. The summed E-state index contributed by atoms with van der Waals surface area (Å²) in [5.41, 5.74) is 5.00. The molecule has 10 heteroatoms. The third-order valence-electron chi connectivity index (χ3n) is 4.85. The Morgan fingerprint density at radius 1 is 0.794 bits per heavy atom. The highest BCUT2D eigenvalue weighted by Gasteiger charge is 2.21. The number of aryl methyl sites for hydroxylation is 1. The van der Waals surface area contributed by atoms with Crippen LogP contribution in [-0.4, -0.2) is 22.4 Å². The van der Waals surface area contributed by atoms with E-state index in [1.54, 1.807) is 54.6 Å². The Labute approximate surface area is 213 Å². The fourth-order valence-corrected chi connectivity index (χ4v) is 4.18. The van der Waals surface area contributed by atoms with E-state index in [4.69, 9.17) is 23.2 Å². The Balaban J connectivity index is 1.63. The normalized spacial score (nSPS) is 10.7. The summed E-state index contributed by atoms with van der Waals surface area (Å²) in [5.74, 6) is -2.36. The monoisotopic (exact) mass is 558 g/mol. The smallest absolute Gasteiger partial charge is 0.321 e. The van der Waals surface area contributed by atoms with E-state index in [-0.39, 0.29) is 5.69 Å². The van der Waals surface area contributed by atoms with Gasteiger partial charge in [0.1, 0.15) is 5.69 Å². The molecule has 0 spiro atoms. The van der Waals surface area contributed by atoms with Crippen LogP contribution in [0.5, 0.6) is 0 Å². The lowest BCUT2D eigenvalue weighted by molar-refractivity contribution is -0.133. The number of nitrogens with one attached hydrogen (secondary N) is 3. The zero-order valence-electron chi connectivity index (χ0n) is 17.7. The lowest BCUT2D eigenvalue weighted by Crippen LogP contribution is -2.36. The van der Waals surface area contributed by atoms with Crippen LogP contribution in [0.4, 0.5) is 11.4 Å². The van der Waals surface area contributed by atoms with Gasteiger partial charge in [-0.15, -0.1) is 0 Å². The number of aromatic nitrogens is 1. The van der Waals surface area contributed by atoms with Crippen LogP contribution in [-0.2, 0) is 9.59 Å². The van der Waals surface area contributed by atoms with Crippen molar-refractivity contribution in [1.82, 2.24) is 4.68 Å². The van der Waals surface area contributed by atoms with E-state index >= 15 is 0 Å². The third kappa shape index (κ3) is 5.41. The quantitative estimate of drug-likeness (QED) is 0.268. The van der Waals surface area contributed by atoms with Gasteiger partial charge in [-0.05, 0) is 61.5 Å². The first-order chi connectivity index (χ1) is 16.2. The van der Waals surface area contributed by atoms with E-state index < -0.39 is 17.7 Å². The van der Waals surface area contributed by atoms with Gasteiger partial charge in [-0.25, -0.2) is 4.68 Å². The van der Waals surface area contributed by atoms with Crippen LogP contribution < -0.4 is 16.1 Å². The van der Waals surface area contributed by atoms with Gasteiger partial charge < -0.3 is 10.6 Å². The van der Waals surface area contributed by atoms with E-state index in [0.717, 1.165) is 10.0 Å². The number of anilines is 2. The molecule has 0 radical (unpaired) electrons. The summed E-state index contributed by atoms with van der Waals surface area (Å²) < 4.78 is 2.05. The largest absolute Gasteiger partial charge is 0.328 e. The lowest BCUT2D eigenvalue weighted by atomic mass is 10.2. The Hall–Kier alpha value is -3.33. The molecule has 3 amide bonds. The summed E-state index contributed by atoms with van der Waals surface area (Å²) in [7, 11) is 0. The summed E-state index contributed by atoms with van der Waals surface area (Å²) in [6, 6.07) is 18.5. The lowest BCUT2D eigenvalue weighted by Gasteiger charge is -2.13. The first-order valence-electron chi connectivity index (χ1n) is 9.97. The van der Waals surface area contributed by atoms with Gasteiger partial charge >= 0.3 is 11.8 Å². The van der Waals surface area contributed by atoms with Gasteiger partial charge in [-0.3, -0.25) is 19.8 Å². The van der Waals surface area contributed by atoms with Crippen LogP contribution in [0, 0.1) is 6.92 Å². The number of carbonyl (C=O) groups excluding carboxylic acids is 3. The van der Waals surface area contributed by atoms with E-state index in [1.807, 2.05) is 19.1 Å². The first kappa shape index (κ1) is 23.8. The Kier molecular flexibility index (Phi) is 6.92. The molecule has 0 fully saturated rings. The highest BCUT2D eigenvalue weighted by atomic mass is 79.9. The van der Waals surface area contributed by atoms with Crippen molar-refractivity contribution < 1.29 is 14.4 Å². The summed E-state index contributed by atoms with van der Waals surface area (Å²) in [5, 5.41) is 6.63. The van der Waals surface area contributed by atoms with E-state index in [1.165, 1.54) is 4.68 Å². The Bertz CT molecular complexity index is 1410. The van der Waals surface area contributed by atoms with Crippen molar-refractivity contribution in [1.29, 1.82) is 0 Å². The van der Waals surface area contributed by atoms with Crippen molar-refractivity contribution >= 4 is 79.1 Å². The zero-order valence-corrected chi connectivity index (χ0v) is 20.8. The minimum atomic E-state index is -0.944. The minimum absolute atomic E-state index is 0.0979. The molecule has 1 aromatic heterocycles. The molecule has 0 saturated heterocycles. The van der Waals surface area contributed by atoms with E-state index in [0.29, 0.717) is 32.3 Å². The van der Waals surface area contributed by atoms with Crippen molar-refractivity contribution in [3.8, 4) is 0 Å². The molecule has 3 aromatic carbocycles. The maximum atomic E-state index is 13.1. The fraction of sp³-hybridized carbons (Fsp3) is 0.0417. The summed E-state index contributed by atoms with van der Waals surface area (Å²) in [6.45, 7) is 1.91. The predicted molar refractivity (Wildman–Crippen MR) is 138 cm³/mol. The van der Waals surface area contributed by atoms with Crippen LogP contribution in [0.2, 0.25) is 10.0 Å². The summed E-state index contributed by atoms with van der Waals surface area (Å²) in [6.07, 6.45) is 0. The average molecular weight is 560 g/mol. The Morgan fingerprint density at radius 3 is 2.15 bits per heavy atom. The second-order valence-corrected chi connectivity index (χ2v) is 9.23. The van der Waals surface area contributed by atoms with Gasteiger partial charge in [0.05, 0.1) is 5.52 Å². The van der Waals surface area contributed by atoms with Crippen molar-refractivity contribution in [2.75, 3.05) is 16.1 Å². The van der Waals surface area contributed by atoms with Crippen LogP contribution in [0.1, 0.15) is 16.1 Å². The molecule has 0 saturated carbocycles. The highest BCUT2D eigenvalue weighted by Crippen LogP contribution is 2.26. The number of nitrogens with zero attached hydrogens (tertiary/aromatic N) is 1. The van der Waals surface area contributed by atoms with Gasteiger partial charge in [0.15, 0.2) is 0 Å². The molecule has 172 valence electrons. The third-order valence-corrected chi connectivity index (χ3v) is 5.78. The molecular formula is C24H17BrCl2N4O3. The van der Waals surface area contributed by atoms with Gasteiger partial charge in [0, 0.05) is 31.3 Å². The number of halogens is 3. The number of benzene rings is 3. The molecule has 4 aromatic rings. The number of hydrogen-bond donors (Lipinski definition) is 3. The predicted octanol–water partition coefficient (Wildman–Crippen LogP) is 5.98. The highest BCUT2D eigenvalue weighted by molar-refractivity contribution is 9.10. The van der Waals surface area contributed by atoms with Gasteiger partial charge in [0.2, 0.25) is 0 Å². The van der Waals surface area contributed by atoms with Crippen LogP contribution >= 0.6 is 39.1 Å². The molecule has 34 heavy (non-hydrogen) atoms. The summed E-state index contributed by atoms with van der Waals surface area (Å²) >= 11 is 15.4. The molecule has 3 N–H and O–H groups in total. The second kappa shape index (κ2) is 9.89. The van der Waals surface area contributed by atoms with Crippen molar-refractivity contribution in [3.63, 3.8) is 0 Å².